The molecule has 2 aromatic rings. The summed E-state index contributed by atoms with van der Waals surface area (Å²) in [7, 11) is 1.67. The first-order valence-corrected chi connectivity index (χ1v) is 9.92. The number of alkyl halides is 3. The maximum atomic E-state index is 13.1. The second-order valence-corrected chi connectivity index (χ2v) is 7.41. The molecule has 1 aliphatic carbocycles. The van der Waals surface area contributed by atoms with Crippen molar-refractivity contribution in [2.45, 2.75) is 44.4 Å². The Morgan fingerprint density at radius 1 is 1.10 bits per heavy atom. The molecule has 0 bridgehead atoms. The SMILES string of the molecule is CNc1nc(Cl)nc(N[C@H]2CC[C@@H](C(=O)NCc3ccccc3C(F)(F)F)CC2)n1. The van der Waals surface area contributed by atoms with Gasteiger partial charge in [0.15, 0.2) is 0 Å². The van der Waals surface area contributed by atoms with Gasteiger partial charge in [-0.25, -0.2) is 0 Å². The number of carbonyl (C=O) groups excluding carboxylic acids is 1. The molecule has 3 rings (SSSR count). The third-order valence-corrected chi connectivity index (χ3v) is 5.21. The molecular formula is C19H22ClF3N6O. The van der Waals surface area contributed by atoms with Gasteiger partial charge in [-0.2, -0.15) is 28.1 Å². The first-order chi connectivity index (χ1) is 14.3. The number of amides is 1. The summed E-state index contributed by atoms with van der Waals surface area (Å²) < 4.78 is 39.2. The fourth-order valence-corrected chi connectivity index (χ4v) is 3.65. The molecule has 11 heteroatoms. The first-order valence-electron chi connectivity index (χ1n) is 9.55. The predicted molar refractivity (Wildman–Crippen MR) is 107 cm³/mol. The van der Waals surface area contributed by atoms with Gasteiger partial charge in [-0.3, -0.25) is 4.79 Å². The van der Waals surface area contributed by atoms with Crippen LogP contribution in [-0.2, 0) is 17.5 Å². The molecule has 0 unspecified atom stereocenters. The van der Waals surface area contributed by atoms with Gasteiger partial charge in [0.05, 0.1) is 5.56 Å². The number of aromatic nitrogens is 3. The van der Waals surface area contributed by atoms with Gasteiger partial charge in [0.25, 0.3) is 0 Å². The molecule has 1 amide bonds. The zero-order valence-electron chi connectivity index (χ0n) is 16.3. The predicted octanol–water partition coefficient (Wildman–Crippen LogP) is 3.87. The maximum absolute atomic E-state index is 13.1. The van der Waals surface area contributed by atoms with Crippen molar-refractivity contribution in [2.75, 3.05) is 17.7 Å². The number of hydrogen-bond donors (Lipinski definition) is 3. The third-order valence-electron chi connectivity index (χ3n) is 5.04. The van der Waals surface area contributed by atoms with Crippen molar-refractivity contribution in [1.29, 1.82) is 0 Å². The Morgan fingerprint density at radius 2 is 1.77 bits per heavy atom. The molecule has 0 saturated heterocycles. The van der Waals surface area contributed by atoms with E-state index in [0.717, 1.165) is 6.07 Å². The molecule has 1 heterocycles. The van der Waals surface area contributed by atoms with Crippen LogP contribution in [0.1, 0.15) is 36.8 Å². The molecule has 0 aliphatic heterocycles. The van der Waals surface area contributed by atoms with Crippen molar-refractivity contribution in [3.63, 3.8) is 0 Å². The highest BCUT2D eigenvalue weighted by atomic mass is 35.5. The van der Waals surface area contributed by atoms with Gasteiger partial charge in [-0.05, 0) is 48.9 Å². The zero-order chi connectivity index (χ0) is 21.7. The molecule has 1 aromatic heterocycles. The number of nitrogens with zero attached hydrogens (tertiary/aromatic N) is 3. The second-order valence-electron chi connectivity index (χ2n) is 7.07. The van der Waals surface area contributed by atoms with Crippen LogP contribution in [0.3, 0.4) is 0 Å². The lowest BCUT2D eigenvalue weighted by Gasteiger charge is -2.28. The average molecular weight is 443 g/mol. The highest BCUT2D eigenvalue weighted by Crippen LogP contribution is 2.32. The van der Waals surface area contributed by atoms with E-state index < -0.39 is 11.7 Å². The van der Waals surface area contributed by atoms with Crippen molar-refractivity contribution >= 4 is 29.4 Å². The van der Waals surface area contributed by atoms with Crippen molar-refractivity contribution in [1.82, 2.24) is 20.3 Å². The highest BCUT2D eigenvalue weighted by molar-refractivity contribution is 6.28. The molecule has 162 valence electrons. The summed E-state index contributed by atoms with van der Waals surface area (Å²) in [5.74, 6) is 0.239. The van der Waals surface area contributed by atoms with Crippen LogP contribution in [0.5, 0.6) is 0 Å². The molecule has 0 spiro atoms. The fourth-order valence-electron chi connectivity index (χ4n) is 3.49. The van der Waals surface area contributed by atoms with E-state index in [1.807, 2.05) is 0 Å². The Labute approximate surface area is 176 Å². The van der Waals surface area contributed by atoms with Crippen LogP contribution in [0, 0.1) is 5.92 Å². The number of nitrogens with one attached hydrogen (secondary N) is 3. The van der Waals surface area contributed by atoms with Gasteiger partial charge in [0.1, 0.15) is 0 Å². The highest BCUT2D eigenvalue weighted by Gasteiger charge is 2.33. The molecule has 3 N–H and O–H groups in total. The van der Waals surface area contributed by atoms with Crippen LogP contribution in [0.25, 0.3) is 0 Å². The molecule has 1 fully saturated rings. The summed E-state index contributed by atoms with van der Waals surface area (Å²) in [4.78, 5) is 24.6. The smallest absolute Gasteiger partial charge is 0.357 e. The molecule has 0 radical (unpaired) electrons. The standard InChI is InChI=1S/C19H22ClF3N6O/c1-24-17-27-16(20)28-18(29-17)26-13-8-6-11(7-9-13)15(30)25-10-12-4-2-3-5-14(12)19(21,22)23/h2-5,11,13H,6-10H2,1H3,(H,25,30)(H2,24,26,27,28,29)/t11-,13+. The van der Waals surface area contributed by atoms with E-state index in [4.69, 9.17) is 11.6 Å². The van der Waals surface area contributed by atoms with Crippen molar-refractivity contribution < 1.29 is 18.0 Å². The van der Waals surface area contributed by atoms with E-state index >= 15 is 0 Å². The Bertz CT molecular complexity index is 887. The summed E-state index contributed by atoms with van der Waals surface area (Å²) in [6, 6.07) is 5.33. The van der Waals surface area contributed by atoms with Gasteiger partial charge >= 0.3 is 6.18 Å². The monoisotopic (exact) mass is 442 g/mol. The van der Waals surface area contributed by atoms with Crippen LogP contribution >= 0.6 is 11.6 Å². The lowest BCUT2D eigenvalue weighted by Crippen LogP contribution is -2.36. The first kappa shape index (κ1) is 22.1. The van der Waals surface area contributed by atoms with Crippen LogP contribution in [0.4, 0.5) is 25.1 Å². The Morgan fingerprint density at radius 3 is 2.43 bits per heavy atom. The van der Waals surface area contributed by atoms with E-state index in [9.17, 15) is 18.0 Å². The lowest BCUT2D eigenvalue weighted by molar-refractivity contribution is -0.138. The second kappa shape index (κ2) is 9.46. The van der Waals surface area contributed by atoms with E-state index in [1.54, 1.807) is 7.05 Å². The van der Waals surface area contributed by atoms with Crippen LogP contribution in [0.15, 0.2) is 24.3 Å². The van der Waals surface area contributed by atoms with E-state index in [0.29, 0.717) is 37.6 Å². The van der Waals surface area contributed by atoms with Crippen molar-refractivity contribution in [3.05, 3.63) is 40.7 Å². The summed E-state index contributed by atoms with van der Waals surface area (Å²) in [6.45, 7) is -0.150. The molecule has 1 saturated carbocycles. The van der Waals surface area contributed by atoms with Crippen LogP contribution in [0.2, 0.25) is 5.28 Å². The molecule has 1 aliphatic rings. The minimum absolute atomic E-state index is 0.0563. The molecule has 0 atom stereocenters. The summed E-state index contributed by atoms with van der Waals surface area (Å²) in [6.07, 6.45) is -1.81. The normalized spacial score (nSPS) is 19.2. The van der Waals surface area contributed by atoms with E-state index in [1.165, 1.54) is 18.2 Å². The fraction of sp³-hybridized carbons (Fsp3) is 0.474. The van der Waals surface area contributed by atoms with E-state index in [-0.39, 0.29) is 35.3 Å². The van der Waals surface area contributed by atoms with Gasteiger partial charge in [-0.15, -0.1) is 0 Å². The minimum Gasteiger partial charge on any atom is -0.357 e. The number of benzene rings is 1. The average Bonchev–Trinajstić information content (AvgIpc) is 2.71. The quantitative estimate of drug-likeness (QED) is 0.629. The molecule has 30 heavy (non-hydrogen) atoms. The van der Waals surface area contributed by atoms with Crippen LogP contribution < -0.4 is 16.0 Å². The summed E-state index contributed by atoms with van der Waals surface area (Å²) in [5.41, 5.74) is -0.670. The van der Waals surface area contributed by atoms with Gasteiger partial charge in [0, 0.05) is 25.6 Å². The van der Waals surface area contributed by atoms with Gasteiger partial charge in [-0.1, -0.05) is 18.2 Å². The molecule has 1 aromatic carbocycles. The van der Waals surface area contributed by atoms with E-state index in [2.05, 4.69) is 30.9 Å². The molecular weight excluding hydrogens is 421 g/mol. The van der Waals surface area contributed by atoms with Crippen molar-refractivity contribution in [3.8, 4) is 0 Å². The summed E-state index contributed by atoms with van der Waals surface area (Å²) >= 11 is 5.87. The Hall–Kier alpha value is -2.62. The van der Waals surface area contributed by atoms with Gasteiger partial charge < -0.3 is 16.0 Å². The van der Waals surface area contributed by atoms with Gasteiger partial charge in [0.2, 0.25) is 23.1 Å². The third kappa shape index (κ3) is 5.71. The molecule has 7 nitrogen and oxygen atoms in total. The lowest BCUT2D eigenvalue weighted by atomic mass is 9.85. The number of anilines is 2. The maximum Gasteiger partial charge on any atom is 0.416 e. The number of hydrogen-bond acceptors (Lipinski definition) is 6. The largest absolute Gasteiger partial charge is 0.416 e. The topological polar surface area (TPSA) is 91.8 Å². The zero-order valence-corrected chi connectivity index (χ0v) is 17.0. The number of rotatable bonds is 6. The minimum atomic E-state index is -4.45. The number of carbonyl (C=O) groups is 1. The van der Waals surface area contributed by atoms with Crippen molar-refractivity contribution in [2.24, 2.45) is 5.92 Å². The summed E-state index contributed by atoms with van der Waals surface area (Å²) in [5, 5.41) is 8.72. The van der Waals surface area contributed by atoms with Crippen LogP contribution in [-0.4, -0.2) is 33.9 Å². The Balaban J connectivity index is 1.51. The Kier molecular flexibility index (Phi) is 6.96. The number of halogens is 4.